The SMILES string of the molecule is CC(C)(CNC(=O)c1ccc2c(c1)NC(=O)CO2)C(=O)O. The summed E-state index contributed by atoms with van der Waals surface area (Å²) in [5.74, 6) is -1.19. The topological polar surface area (TPSA) is 105 Å². The van der Waals surface area contributed by atoms with Crippen molar-refractivity contribution >= 4 is 23.5 Å². The Hall–Kier alpha value is -2.57. The molecule has 0 atom stereocenters. The molecule has 7 nitrogen and oxygen atoms in total. The van der Waals surface area contributed by atoms with Gasteiger partial charge in [-0.3, -0.25) is 14.4 Å². The molecule has 112 valence electrons. The molecule has 0 aromatic heterocycles. The lowest BCUT2D eigenvalue weighted by Crippen LogP contribution is -2.39. The molecule has 1 aliphatic heterocycles. The number of anilines is 1. The maximum atomic E-state index is 12.0. The first-order valence-corrected chi connectivity index (χ1v) is 6.38. The van der Waals surface area contributed by atoms with E-state index in [9.17, 15) is 14.4 Å². The van der Waals surface area contributed by atoms with E-state index in [0.29, 0.717) is 17.0 Å². The van der Waals surface area contributed by atoms with E-state index in [0.717, 1.165) is 0 Å². The fourth-order valence-electron chi connectivity index (χ4n) is 1.70. The third kappa shape index (κ3) is 3.31. The van der Waals surface area contributed by atoms with Gasteiger partial charge in [0, 0.05) is 12.1 Å². The molecule has 0 fully saturated rings. The molecule has 2 rings (SSSR count). The molecule has 0 radical (unpaired) electrons. The number of ether oxygens (including phenoxy) is 1. The molecule has 0 unspecified atom stereocenters. The van der Waals surface area contributed by atoms with Crippen molar-refractivity contribution in [2.75, 3.05) is 18.5 Å². The van der Waals surface area contributed by atoms with E-state index in [1.807, 2.05) is 0 Å². The molecule has 0 bridgehead atoms. The number of carboxylic acids is 1. The van der Waals surface area contributed by atoms with Gasteiger partial charge in [0.25, 0.3) is 11.8 Å². The molecule has 0 saturated carbocycles. The Bertz CT molecular complexity index is 609. The summed E-state index contributed by atoms with van der Waals surface area (Å²) in [7, 11) is 0. The molecule has 21 heavy (non-hydrogen) atoms. The Morgan fingerprint density at radius 1 is 1.43 bits per heavy atom. The molecule has 1 aliphatic rings. The van der Waals surface area contributed by atoms with Crippen LogP contribution in [0.4, 0.5) is 5.69 Å². The summed E-state index contributed by atoms with van der Waals surface area (Å²) >= 11 is 0. The van der Waals surface area contributed by atoms with Gasteiger partial charge in [-0.15, -0.1) is 0 Å². The van der Waals surface area contributed by atoms with E-state index >= 15 is 0 Å². The Morgan fingerprint density at radius 3 is 2.81 bits per heavy atom. The van der Waals surface area contributed by atoms with Gasteiger partial charge in [-0.1, -0.05) is 0 Å². The molecule has 3 N–H and O–H groups in total. The molecule has 0 spiro atoms. The Morgan fingerprint density at radius 2 is 2.14 bits per heavy atom. The molecular weight excluding hydrogens is 276 g/mol. The van der Waals surface area contributed by atoms with Crippen LogP contribution >= 0.6 is 0 Å². The molecule has 0 aliphatic carbocycles. The van der Waals surface area contributed by atoms with Crippen LogP contribution in [0, 0.1) is 5.41 Å². The van der Waals surface area contributed by atoms with Crippen LogP contribution in [0.1, 0.15) is 24.2 Å². The average molecular weight is 292 g/mol. The van der Waals surface area contributed by atoms with E-state index in [4.69, 9.17) is 9.84 Å². The number of amides is 2. The van der Waals surface area contributed by atoms with Crippen LogP contribution in [0.25, 0.3) is 0 Å². The second kappa shape index (κ2) is 5.43. The number of nitrogens with one attached hydrogen (secondary N) is 2. The number of carboxylic acid groups (broad SMARTS) is 1. The third-order valence-electron chi connectivity index (χ3n) is 3.14. The number of hydrogen-bond acceptors (Lipinski definition) is 4. The van der Waals surface area contributed by atoms with Gasteiger partial charge in [0.1, 0.15) is 5.75 Å². The molecule has 1 heterocycles. The van der Waals surface area contributed by atoms with Crippen LogP contribution in [0.2, 0.25) is 0 Å². The van der Waals surface area contributed by atoms with Gasteiger partial charge < -0.3 is 20.5 Å². The summed E-state index contributed by atoms with van der Waals surface area (Å²) in [6, 6.07) is 4.64. The fourth-order valence-corrected chi connectivity index (χ4v) is 1.70. The van der Waals surface area contributed by atoms with E-state index in [1.54, 1.807) is 12.1 Å². The van der Waals surface area contributed by atoms with Crippen molar-refractivity contribution in [1.29, 1.82) is 0 Å². The summed E-state index contributed by atoms with van der Waals surface area (Å²) in [4.78, 5) is 34.2. The minimum absolute atomic E-state index is 0.00110. The fraction of sp³-hybridized carbons (Fsp3) is 0.357. The summed E-state index contributed by atoms with van der Waals surface area (Å²) in [6.07, 6.45) is 0. The molecular formula is C14H16N2O5. The Labute approximate surface area is 121 Å². The number of carbonyl (C=O) groups is 3. The Balaban J connectivity index is 2.08. The van der Waals surface area contributed by atoms with E-state index in [1.165, 1.54) is 19.9 Å². The van der Waals surface area contributed by atoms with Crippen molar-refractivity contribution in [2.45, 2.75) is 13.8 Å². The van der Waals surface area contributed by atoms with Crippen LogP contribution < -0.4 is 15.4 Å². The van der Waals surface area contributed by atoms with Crippen molar-refractivity contribution in [1.82, 2.24) is 5.32 Å². The van der Waals surface area contributed by atoms with Gasteiger partial charge in [0.05, 0.1) is 11.1 Å². The highest BCUT2D eigenvalue weighted by atomic mass is 16.5. The number of aliphatic carboxylic acids is 1. The number of hydrogen-bond donors (Lipinski definition) is 3. The standard InChI is InChI=1S/C14H16N2O5/c1-14(2,13(19)20)7-15-12(18)8-3-4-10-9(5-8)16-11(17)6-21-10/h3-5H,6-7H2,1-2H3,(H,15,18)(H,16,17)(H,19,20). The van der Waals surface area contributed by atoms with Gasteiger partial charge in [0.15, 0.2) is 6.61 Å². The normalized spacial score (nSPS) is 13.7. The second-order valence-corrected chi connectivity index (χ2v) is 5.42. The van der Waals surface area contributed by atoms with Crippen LogP contribution in [-0.2, 0) is 9.59 Å². The lowest BCUT2D eigenvalue weighted by Gasteiger charge is -2.20. The highest BCUT2D eigenvalue weighted by molar-refractivity contribution is 6.00. The second-order valence-electron chi connectivity index (χ2n) is 5.42. The summed E-state index contributed by atoms with van der Waals surface area (Å²) in [5, 5.41) is 14.2. The van der Waals surface area contributed by atoms with Gasteiger partial charge in [-0.25, -0.2) is 0 Å². The van der Waals surface area contributed by atoms with Crippen LogP contribution in [0.15, 0.2) is 18.2 Å². The minimum atomic E-state index is -1.05. The zero-order chi connectivity index (χ0) is 15.6. The first kappa shape index (κ1) is 14.8. The quantitative estimate of drug-likeness (QED) is 0.763. The average Bonchev–Trinajstić information content (AvgIpc) is 2.43. The molecule has 0 saturated heterocycles. The molecule has 1 aromatic carbocycles. The first-order chi connectivity index (χ1) is 9.79. The van der Waals surface area contributed by atoms with Crippen LogP contribution in [-0.4, -0.2) is 36.0 Å². The van der Waals surface area contributed by atoms with Crippen molar-refractivity contribution < 1.29 is 24.2 Å². The predicted molar refractivity (Wildman–Crippen MR) is 74.3 cm³/mol. The van der Waals surface area contributed by atoms with Crippen molar-refractivity contribution in [2.24, 2.45) is 5.41 Å². The molecule has 1 aromatic rings. The lowest BCUT2D eigenvalue weighted by molar-refractivity contribution is -0.146. The summed E-state index contributed by atoms with van der Waals surface area (Å²) < 4.78 is 5.19. The minimum Gasteiger partial charge on any atom is -0.482 e. The first-order valence-electron chi connectivity index (χ1n) is 6.38. The zero-order valence-corrected chi connectivity index (χ0v) is 11.7. The van der Waals surface area contributed by atoms with E-state index < -0.39 is 17.3 Å². The van der Waals surface area contributed by atoms with Gasteiger partial charge in [0.2, 0.25) is 0 Å². The van der Waals surface area contributed by atoms with Gasteiger partial charge >= 0.3 is 5.97 Å². The van der Waals surface area contributed by atoms with Crippen LogP contribution in [0.3, 0.4) is 0 Å². The zero-order valence-electron chi connectivity index (χ0n) is 11.7. The number of carbonyl (C=O) groups excluding carboxylic acids is 2. The third-order valence-corrected chi connectivity index (χ3v) is 3.14. The van der Waals surface area contributed by atoms with Crippen molar-refractivity contribution in [3.8, 4) is 5.75 Å². The summed E-state index contributed by atoms with van der Waals surface area (Å²) in [6.45, 7) is 3.00. The maximum Gasteiger partial charge on any atom is 0.310 e. The molecule has 2 amide bonds. The van der Waals surface area contributed by atoms with Gasteiger partial charge in [-0.2, -0.15) is 0 Å². The van der Waals surface area contributed by atoms with E-state index in [-0.39, 0.29) is 19.1 Å². The van der Waals surface area contributed by atoms with Crippen molar-refractivity contribution in [3.05, 3.63) is 23.8 Å². The lowest BCUT2D eigenvalue weighted by atomic mass is 9.94. The van der Waals surface area contributed by atoms with E-state index in [2.05, 4.69) is 10.6 Å². The van der Waals surface area contributed by atoms with Crippen molar-refractivity contribution in [3.63, 3.8) is 0 Å². The number of rotatable bonds is 4. The largest absolute Gasteiger partial charge is 0.482 e. The van der Waals surface area contributed by atoms with Gasteiger partial charge in [-0.05, 0) is 32.0 Å². The number of fused-ring (bicyclic) bond motifs is 1. The maximum absolute atomic E-state index is 12.0. The monoisotopic (exact) mass is 292 g/mol. The highest BCUT2D eigenvalue weighted by Crippen LogP contribution is 2.28. The smallest absolute Gasteiger partial charge is 0.310 e. The molecule has 7 heteroatoms. The number of benzene rings is 1. The van der Waals surface area contributed by atoms with Crippen LogP contribution in [0.5, 0.6) is 5.75 Å². The highest BCUT2D eigenvalue weighted by Gasteiger charge is 2.28. The summed E-state index contributed by atoms with van der Waals surface area (Å²) in [5.41, 5.74) is -0.307. The Kier molecular flexibility index (Phi) is 3.84. The predicted octanol–water partition coefficient (Wildman–Crippen LogP) is 0.858.